The monoisotopic (exact) mass is 241 g/mol. The summed E-state index contributed by atoms with van der Waals surface area (Å²) in [6, 6.07) is 5.46. The van der Waals surface area contributed by atoms with E-state index in [0.29, 0.717) is 5.56 Å². The highest BCUT2D eigenvalue weighted by atomic mass is 19.4. The van der Waals surface area contributed by atoms with E-state index in [0.717, 1.165) is 37.8 Å². The van der Waals surface area contributed by atoms with E-state index in [1.54, 1.807) is 0 Å². The van der Waals surface area contributed by atoms with Crippen molar-refractivity contribution in [3.05, 3.63) is 35.4 Å². The largest absolute Gasteiger partial charge is 0.417 e. The molecule has 91 valence electrons. The number of Topliss-reactive ketones (excluding diaryl/α,β-unsaturated/α-hetero) is 1. The number of alkyl halides is 3. The number of rotatable bonds is 2. The molecule has 0 N–H and O–H groups in total. The summed E-state index contributed by atoms with van der Waals surface area (Å²) >= 11 is 0. The summed E-state index contributed by atoms with van der Waals surface area (Å²) in [5.41, 5.74) is -0.495. The zero-order chi connectivity index (χ0) is 12.5. The molecule has 0 heterocycles. The molecule has 0 aromatic heterocycles. The lowest BCUT2D eigenvalue weighted by atomic mass is 9.96. The van der Waals surface area contributed by atoms with Crippen molar-refractivity contribution in [2.75, 3.05) is 0 Å². The third-order valence-electron chi connectivity index (χ3n) is 3.13. The summed E-state index contributed by atoms with van der Waals surface area (Å²) in [5, 5.41) is 0. The van der Waals surface area contributed by atoms with Gasteiger partial charge in [-0.25, -0.2) is 0 Å². The average molecular weight is 241 g/mol. The van der Waals surface area contributed by atoms with Gasteiger partial charge in [0.15, 0.2) is 5.78 Å². The molecule has 0 spiro atoms. The van der Waals surface area contributed by atoms with Gasteiger partial charge in [0.05, 0.1) is 5.56 Å². The van der Waals surface area contributed by atoms with Crippen molar-refractivity contribution in [1.82, 2.24) is 0 Å². The fourth-order valence-electron chi connectivity index (χ4n) is 2.18. The van der Waals surface area contributed by atoms with Crippen LogP contribution < -0.4 is 0 Å². The molecule has 1 saturated carbocycles. The topological polar surface area (TPSA) is 17.1 Å². The molecule has 1 nitrogen and oxygen atoms in total. The molecule has 1 aliphatic carbocycles. The summed E-state index contributed by atoms with van der Waals surface area (Å²) in [4.78, 5) is 11.9. The van der Waals surface area contributed by atoms with E-state index in [1.807, 2.05) is 0 Å². The van der Waals surface area contributed by atoms with E-state index in [4.69, 9.17) is 0 Å². The third-order valence-corrected chi connectivity index (χ3v) is 3.13. The predicted molar refractivity (Wildman–Crippen MR) is 56.6 cm³/mol. The number of carbonyl (C=O) groups excluding carboxylic acids is 1. The first-order valence-electron chi connectivity index (χ1n) is 5.61. The number of ketones is 1. The van der Waals surface area contributed by atoms with Gasteiger partial charge in [-0.2, -0.15) is 13.2 Å². The van der Waals surface area contributed by atoms with Gasteiger partial charge in [0, 0.05) is 11.5 Å². The lowest BCUT2D eigenvalue weighted by Gasteiger charge is -2.09. The molecule has 0 bridgehead atoms. The van der Waals surface area contributed by atoms with Crippen molar-refractivity contribution in [2.45, 2.75) is 31.9 Å². The average Bonchev–Trinajstić information content (AvgIpc) is 2.80. The number of halogens is 3. The standard InChI is InChI=1S/C13H12F3O/c14-13(15,16)11-7-5-10(6-8-11)12(17)9-3-1-2-4-9/h5-7,9H,1-4H2. The van der Waals surface area contributed by atoms with Crippen molar-refractivity contribution in [3.63, 3.8) is 0 Å². The SMILES string of the molecule is O=C(c1c[c]c(C(F)(F)F)cc1)C1CCCC1. The summed E-state index contributed by atoms with van der Waals surface area (Å²) in [7, 11) is 0. The molecule has 1 radical (unpaired) electrons. The van der Waals surface area contributed by atoms with Crippen LogP contribution in [0, 0.1) is 12.0 Å². The van der Waals surface area contributed by atoms with E-state index >= 15 is 0 Å². The summed E-state index contributed by atoms with van der Waals surface area (Å²) < 4.78 is 36.9. The van der Waals surface area contributed by atoms with Gasteiger partial charge in [0.1, 0.15) is 0 Å². The van der Waals surface area contributed by atoms with E-state index in [2.05, 4.69) is 6.07 Å². The third kappa shape index (κ3) is 2.68. The Morgan fingerprint density at radius 2 is 1.88 bits per heavy atom. The quantitative estimate of drug-likeness (QED) is 0.718. The van der Waals surface area contributed by atoms with Gasteiger partial charge in [0.25, 0.3) is 0 Å². The van der Waals surface area contributed by atoms with E-state index in [-0.39, 0.29) is 11.7 Å². The normalized spacial score (nSPS) is 17.4. The van der Waals surface area contributed by atoms with Crippen molar-refractivity contribution in [1.29, 1.82) is 0 Å². The number of carbonyl (C=O) groups is 1. The minimum absolute atomic E-state index is 0.0138. The van der Waals surface area contributed by atoms with Crippen LogP contribution in [-0.4, -0.2) is 5.78 Å². The fraction of sp³-hybridized carbons (Fsp3) is 0.462. The van der Waals surface area contributed by atoms with Crippen LogP contribution in [0.3, 0.4) is 0 Å². The van der Waals surface area contributed by atoms with Gasteiger partial charge >= 0.3 is 6.18 Å². The van der Waals surface area contributed by atoms with Crippen LogP contribution in [0.4, 0.5) is 13.2 Å². The highest BCUT2D eigenvalue weighted by Crippen LogP contribution is 2.31. The minimum atomic E-state index is -4.39. The van der Waals surface area contributed by atoms with E-state index < -0.39 is 11.7 Å². The van der Waals surface area contributed by atoms with Crippen LogP contribution in [0.25, 0.3) is 0 Å². The fourth-order valence-corrected chi connectivity index (χ4v) is 2.18. The molecular formula is C13H12F3O. The lowest BCUT2D eigenvalue weighted by molar-refractivity contribution is -0.137. The maximum absolute atomic E-state index is 12.3. The molecule has 4 heteroatoms. The zero-order valence-electron chi connectivity index (χ0n) is 9.18. The van der Waals surface area contributed by atoms with Gasteiger partial charge in [-0.1, -0.05) is 18.9 Å². The Morgan fingerprint density at radius 1 is 1.24 bits per heavy atom. The number of hydrogen-bond donors (Lipinski definition) is 0. The Labute approximate surface area is 97.6 Å². The van der Waals surface area contributed by atoms with Gasteiger partial charge < -0.3 is 0 Å². The summed E-state index contributed by atoms with van der Waals surface area (Å²) in [6.07, 6.45) is -0.643. The van der Waals surface area contributed by atoms with Crippen LogP contribution in [0.5, 0.6) is 0 Å². The minimum Gasteiger partial charge on any atom is -0.294 e. The maximum atomic E-state index is 12.3. The molecule has 0 aliphatic heterocycles. The van der Waals surface area contributed by atoms with Gasteiger partial charge in [0.2, 0.25) is 0 Å². The Morgan fingerprint density at radius 3 is 2.35 bits per heavy atom. The summed E-state index contributed by atoms with van der Waals surface area (Å²) in [5.74, 6) is -0.0624. The molecule has 17 heavy (non-hydrogen) atoms. The molecule has 1 fully saturated rings. The van der Waals surface area contributed by atoms with Crippen molar-refractivity contribution in [2.24, 2.45) is 5.92 Å². The van der Waals surface area contributed by atoms with Crippen LogP contribution >= 0.6 is 0 Å². The van der Waals surface area contributed by atoms with Crippen molar-refractivity contribution >= 4 is 5.78 Å². The second kappa shape index (κ2) is 4.51. The molecule has 0 atom stereocenters. The molecule has 1 aliphatic rings. The first kappa shape index (κ1) is 12.1. The van der Waals surface area contributed by atoms with Crippen molar-refractivity contribution in [3.8, 4) is 0 Å². The molecule has 2 rings (SSSR count). The molecule has 1 aromatic rings. The van der Waals surface area contributed by atoms with Crippen molar-refractivity contribution < 1.29 is 18.0 Å². The predicted octanol–water partition coefficient (Wildman–Crippen LogP) is 3.88. The smallest absolute Gasteiger partial charge is 0.294 e. The van der Waals surface area contributed by atoms with Gasteiger partial charge in [-0.15, -0.1) is 0 Å². The molecule has 0 unspecified atom stereocenters. The first-order valence-corrected chi connectivity index (χ1v) is 5.61. The highest BCUT2D eigenvalue weighted by Gasteiger charge is 2.31. The second-order valence-corrected chi connectivity index (χ2v) is 4.33. The van der Waals surface area contributed by atoms with Crippen LogP contribution in [0.15, 0.2) is 18.2 Å². The molecular weight excluding hydrogens is 229 g/mol. The summed E-state index contributed by atoms with van der Waals surface area (Å²) in [6.45, 7) is 0. The van der Waals surface area contributed by atoms with Gasteiger partial charge in [-0.3, -0.25) is 4.79 Å². The Balaban J connectivity index is 2.15. The number of hydrogen-bond acceptors (Lipinski definition) is 1. The Bertz CT molecular complexity index is 400. The lowest BCUT2D eigenvalue weighted by Crippen LogP contribution is -2.12. The number of benzene rings is 1. The highest BCUT2D eigenvalue weighted by molar-refractivity contribution is 5.97. The molecule has 1 aromatic carbocycles. The van der Waals surface area contributed by atoms with E-state index in [9.17, 15) is 18.0 Å². The first-order chi connectivity index (χ1) is 7.98. The maximum Gasteiger partial charge on any atom is 0.417 e. The van der Waals surface area contributed by atoms with Crippen LogP contribution in [0.2, 0.25) is 0 Å². The Kier molecular flexibility index (Phi) is 3.22. The van der Waals surface area contributed by atoms with E-state index in [1.165, 1.54) is 6.07 Å². The van der Waals surface area contributed by atoms with Crippen LogP contribution in [-0.2, 0) is 6.18 Å². The molecule has 0 amide bonds. The molecule has 0 saturated heterocycles. The second-order valence-electron chi connectivity index (χ2n) is 4.33. The zero-order valence-corrected chi connectivity index (χ0v) is 9.18. The Hall–Kier alpha value is -1.32. The van der Waals surface area contributed by atoms with Crippen LogP contribution in [0.1, 0.15) is 41.6 Å². The van der Waals surface area contributed by atoms with Gasteiger partial charge in [-0.05, 0) is 31.0 Å².